The van der Waals surface area contributed by atoms with Crippen molar-refractivity contribution in [3.63, 3.8) is 0 Å². The van der Waals surface area contributed by atoms with Gasteiger partial charge in [0.25, 0.3) is 0 Å². The second-order valence-corrected chi connectivity index (χ2v) is 4.80. The first-order valence-electron chi connectivity index (χ1n) is 6.69. The molecule has 0 saturated carbocycles. The third-order valence-corrected chi connectivity index (χ3v) is 3.53. The quantitative estimate of drug-likeness (QED) is 0.912. The van der Waals surface area contributed by atoms with Crippen molar-refractivity contribution in [3.8, 4) is 0 Å². The molecule has 1 unspecified atom stereocenters. The number of likely N-dealkylation sites (N-methyl/N-ethyl adjacent to an activating group) is 1. The maximum Gasteiger partial charge on any atom is 0.130 e. The van der Waals surface area contributed by atoms with E-state index in [4.69, 9.17) is 0 Å². The fourth-order valence-electron chi connectivity index (χ4n) is 2.31. The molecule has 0 radical (unpaired) electrons. The largest absolute Gasteiger partial charge is 0.335 e. The average molecular weight is 279 g/mol. The van der Waals surface area contributed by atoms with Gasteiger partial charge in [-0.25, -0.2) is 13.8 Å². The minimum absolute atomic E-state index is 0.234. The van der Waals surface area contributed by atoms with Gasteiger partial charge in [-0.1, -0.05) is 0 Å². The van der Waals surface area contributed by atoms with E-state index in [0.29, 0.717) is 17.5 Å². The lowest BCUT2D eigenvalue weighted by Gasteiger charge is -2.18. The summed E-state index contributed by atoms with van der Waals surface area (Å²) >= 11 is 0. The maximum absolute atomic E-state index is 14.0. The standard InChI is InChI=1S/C15H19F2N3/c1-4-20-6-5-19-15(20)9-14(18-3)11-7-10(2)12(16)8-13(11)17/h5-8,14,18H,4,9H2,1-3H3. The summed E-state index contributed by atoms with van der Waals surface area (Å²) in [5.41, 5.74) is 0.914. The Morgan fingerprint density at radius 1 is 1.30 bits per heavy atom. The Bertz CT molecular complexity index is 593. The first-order chi connectivity index (χ1) is 9.56. The lowest BCUT2D eigenvalue weighted by molar-refractivity contribution is 0.504. The topological polar surface area (TPSA) is 29.9 Å². The van der Waals surface area contributed by atoms with Crippen LogP contribution >= 0.6 is 0 Å². The fourth-order valence-corrected chi connectivity index (χ4v) is 2.31. The predicted octanol–water partition coefficient (Wildman–Crippen LogP) is 2.99. The number of imidazole rings is 1. The summed E-state index contributed by atoms with van der Waals surface area (Å²) in [5, 5.41) is 3.08. The Kier molecular flexibility index (Phi) is 4.49. The van der Waals surface area contributed by atoms with Crippen molar-refractivity contribution in [1.29, 1.82) is 0 Å². The minimum atomic E-state index is -0.526. The molecule has 0 amide bonds. The van der Waals surface area contributed by atoms with Crippen molar-refractivity contribution in [2.75, 3.05) is 7.05 Å². The molecular formula is C15H19F2N3. The van der Waals surface area contributed by atoms with E-state index in [9.17, 15) is 8.78 Å². The van der Waals surface area contributed by atoms with Crippen LogP contribution in [0.25, 0.3) is 0 Å². The zero-order chi connectivity index (χ0) is 14.7. The van der Waals surface area contributed by atoms with Crippen LogP contribution in [0.3, 0.4) is 0 Å². The summed E-state index contributed by atoms with van der Waals surface area (Å²) in [4.78, 5) is 4.30. The maximum atomic E-state index is 14.0. The van der Waals surface area contributed by atoms with Crippen molar-refractivity contribution in [2.24, 2.45) is 0 Å². The zero-order valence-electron chi connectivity index (χ0n) is 12.0. The first kappa shape index (κ1) is 14.7. The summed E-state index contributed by atoms with van der Waals surface area (Å²) < 4.78 is 29.3. The van der Waals surface area contributed by atoms with Crippen molar-refractivity contribution in [3.05, 3.63) is 53.1 Å². The van der Waals surface area contributed by atoms with Gasteiger partial charge in [-0.3, -0.25) is 0 Å². The molecule has 0 fully saturated rings. The van der Waals surface area contributed by atoms with E-state index in [1.807, 2.05) is 17.7 Å². The Labute approximate surface area is 117 Å². The SMILES string of the molecule is CCn1ccnc1CC(NC)c1cc(C)c(F)cc1F. The van der Waals surface area contributed by atoms with Crippen molar-refractivity contribution in [2.45, 2.75) is 32.9 Å². The zero-order valence-corrected chi connectivity index (χ0v) is 12.0. The van der Waals surface area contributed by atoms with Gasteiger partial charge in [0, 0.05) is 43.0 Å². The highest BCUT2D eigenvalue weighted by Crippen LogP contribution is 2.23. The van der Waals surface area contributed by atoms with Gasteiger partial charge in [-0.2, -0.15) is 0 Å². The third kappa shape index (κ3) is 2.88. The van der Waals surface area contributed by atoms with Gasteiger partial charge in [0.15, 0.2) is 0 Å². The van der Waals surface area contributed by atoms with Crippen molar-refractivity contribution >= 4 is 0 Å². The van der Waals surface area contributed by atoms with Crippen LogP contribution in [0.1, 0.15) is 29.9 Å². The number of rotatable bonds is 5. The van der Waals surface area contributed by atoms with Crippen LogP contribution in [0, 0.1) is 18.6 Å². The lowest BCUT2D eigenvalue weighted by Crippen LogP contribution is -2.22. The van der Waals surface area contributed by atoms with Crippen molar-refractivity contribution in [1.82, 2.24) is 14.9 Å². The van der Waals surface area contributed by atoms with Gasteiger partial charge in [-0.15, -0.1) is 0 Å². The molecule has 3 nitrogen and oxygen atoms in total. The second kappa shape index (κ2) is 6.13. The molecule has 0 aliphatic rings. The molecule has 2 rings (SSSR count). The summed E-state index contributed by atoms with van der Waals surface area (Å²) in [5.74, 6) is -0.161. The van der Waals surface area contributed by atoms with Gasteiger partial charge in [0.1, 0.15) is 17.5 Å². The number of aryl methyl sites for hydroxylation is 2. The van der Waals surface area contributed by atoms with E-state index in [-0.39, 0.29) is 6.04 Å². The van der Waals surface area contributed by atoms with Crippen LogP contribution in [0.2, 0.25) is 0 Å². The third-order valence-electron chi connectivity index (χ3n) is 3.53. The predicted molar refractivity (Wildman–Crippen MR) is 74.5 cm³/mol. The molecule has 0 aliphatic heterocycles. The van der Waals surface area contributed by atoms with Crippen LogP contribution in [0.4, 0.5) is 8.78 Å². The molecule has 20 heavy (non-hydrogen) atoms. The van der Waals surface area contributed by atoms with E-state index in [2.05, 4.69) is 10.3 Å². The Morgan fingerprint density at radius 2 is 2.05 bits per heavy atom. The summed E-state index contributed by atoms with van der Waals surface area (Å²) in [6.45, 7) is 4.48. The number of aromatic nitrogens is 2. The number of benzene rings is 1. The monoisotopic (exact) mass is 279 g/mol. The second-order valence-electron chi connectivity index (χ2n) is 4.80. The van der Waals surface area contributed by atoms with Crippen LogP contribution < -0.4 is 5.32 Å². The van der Waals surface area contributed by atoms with Gasteiger partial charge in [-0.05, 0) is 32.5 Å². The molecule has 1 aromatic heterocycles. The van der Waals surface area contributed by atoms with E-state index in [1.54, 1.807) is 26.2 Å². The van der Waals surface area contributed by atoms with Crippen LogP contribution in [-0.2, 0) is 13.0 Å². The Hall–Kier alpha value is -1.75. The number of halogens is 2. The molecule has 0 spiro atoms. The number of nitrogens with zero attached hydrogens (tertiary/aromatic N) is 2. The number of nitrogens with one attached hydrogen (secondary N) is 1. The molecule has 1 aromatic carbocycles. The van der Waals surface area contributed by atoms with E-state index in [1.165, 1.54) is 0 Å². The molecule has 1 heterocycles. The molecule has 0 saturated heterocycles. The van der Waals surface area contributed by atoms with E-state index >= 15 is 0 Å². The van der Waals surface area contributed by atoms with Crippen LogP contribution in [0.15, 0.2) is 24.5 Å². The smallest absolute Gasteiger partial charge is 0.130 e. The molecule has 1 N–H and O–H groups in total. The fraction of sp³-hybridized carbons (Fsp3) is 0.400. The van der Waals surface area contributed by atoms with E-state index in [0.717, 1.165) is 18.4 Å². The van der Waals surface area contributed by atoms with Gasteiger partial charge < -0.3 is 9.88 Å². The minimum Gasteiger partial charge on any atom is -0.335 e. The average Bonchev–Trinajstić information content (AvgIpc) is 2.87. The molecule has 5 heteroatoms. The highest BCUT2D eigenvalue weighted by atomic mass is 19.1. The molecule has 108 valence electrons. The lowest BCUT2D eigenvalue weighted by atomic mass is 10.0. The van der Waals surface area contributed by atoms with Crippen LogP contribution in [-0.4, -0.2) is 16.6 Å². The normalized spacial score (nSPS) is 12.7. The first-order valence-corrected chi connectivity index (χ1v) is 6.69. The number of hydrogen-bond donors (Lipinski definition) is 1. The molecule has 0 bridgehead atoms. The molecule has 0 aliphatic carbocycles. The summed E-state index contributed by atoms with van der Waals surface area (Å²) in [6, 6.07) is 2.27. The molecule has 2 aromatic rings. The molecule has 1 atom stereocenters. The Balaban J connectivity index is 2.31. The van der Waals surface area contributed by atoms with Gasteiger partial charge in [0.05, 0.1) is 0 Å². The Morgan fingerprint density at radius 3 is 2.70 bits per heavy atom. The van der Waals surface area contributed by atoms with Crippen molar-refractivity contribution < 1.29 is 8.78 Å². The highest BCUT2D eigenvalue weighted by Gasteiger charge is 2.18. The highest BCUT2D eigenvalue weighted by molar-refractivity contribution is 5.29. The summed E-state index contributed by atoms with van der Waals surface area (Å²) in [6.07, 6.45) is 4.19. The number of hydrogen-bond acceptors (Lipinski definition) is 2. The molecular weight excluding hydrogens is 260 g/mol. The van der Waals surface area contributed by atoms with Gasteiger partial charge >= 0.3 is 0 Å². The van der Waals surface area contributed by atoms with E-state index < -0.39 is 11.6 Å². The van der Waals surface area contributed by atoms with Gasteiger partial charge in [0.2, 0.25) is 0 Å². The summed E-state index contributed by atoms with van der Waals surface area (Å²) in [7, 11) is 1.77. The van der Waals surface area contributed by atoms with Crippen LogP contribution in [0.5, 0.6) is 0 Å².